The average Bonchev–Trinajstić information content (AvgIpc) is 2.93. The molecule has 2 rings (SSSR count). The van der Waals surface area contributed by atoms with Crippen LogP contribution < -0.4 is 5.32 Å². The molecular formula is C16H30N4O. The van der Waals surface area contributed by atoms with Gasteiger partial charge in [0.15, 0.2) is 0 Å². The van der Waals surface area contributed by atoms with Crippen molar-refractivity contribution in [1.29, 1.82) is 0 Å². The first-order chi connectivity index (χ1) is 10.2. The van der Waals surface area contributed by atoms with Gasteiger partial charge in [-0.2, -0.15) is 0 Å². The summed E-state index contributed by atoms with van der Waals surface area (Å²) in [7, 11) is 0. The van der Waals surface area contributed by atoms with Crippen molar-refractivity contribution in [3.05, 3.63) is 11.9 Å². The van der Waals surface area contributed by atoms with Gasteiger partial charge >= 0.3 is 0 Å². The molecule has 1 N–H and O–H groups in total. The Balaban J connectivity index is 1.70. The van der Waals surface area contributed by atoms with Crippen LogP contribution in [0.25, 0.3) is 0 Å². The van der Waals surface area contributed by atoms with E-state index in [1.165, 1.54) is 32.1 Å². The zero-order chi connectivity index (χ0) is 15.1. The monoisotopic (exact) mass is 294 g/mol. The predicted octanol–water partition coefficient (Wildman–Crippen LogP) is 2.76. The molecule has 1 aliphatic carbocycles. The summed E-state index contributed by atoms with van der Waals surface area (Å²) in [5.74, 6) is 0.750. The minimum absolute atomic E-state index is 0.453. The van der Waals surface area contributed by atoms with Gasteiger partial charge in [-0.05, 0) is 18.8 Å². The van der Waals surface area contributed by atoms with Crippen LogP contribution in [0.3, 0.4) is 0 Å². The van der Waals surface area contributed by atoms with Crippen LogP contribution in [0.5, 0.6) is 0 Å². The highest BCUT2D eigenvalue weighted by molar-refractivity contribution is 4.91. The number of ether oxygens (including phenoxy) is 1. The molecular weight excluding hydrogens is 264 g/mol. The standard InChI is InChI=1S/C16H30N4O/c1-4-14-7-5-6-8-16(14)21-10-9-20-12-15(18-19-20)11-17-13(2)3/h12-14,16-17H,4-11H2,1-3H3. The van der Waals surface area contributed by atoms with Crippen molar-refractivity contribution in [3.8, 4) is 0 Å². The summed E-state index contributed by atoms with van der Waals surface area (Å²) in [5.41, 5.74) is 0.993. The lowest BCUT2D eigenvalue weighted by Gasteiger charge is -2.30. The molecule has 1 aromatic rings. The molecule has 2 atom stereocenters. The minimum atomic E-state index is 0.453. The van der Waals surface area contributed by atoms with Crippen molar-refractivity contribution in [2.75, 3.05) is 6.61 Å². The Hall–Kier alpha value is -0.940. The number of hydrogen-bond acceptors (Lipinski definition) is 4. The van der Waals surface area contributed by atoms with Crippen LogP contribution in [0.2, 0.25) is 0 Å². The highest BCUT2D eigenvalue weighted by Gasteiger charge is 2.23. The first-order valence-corrected chi connectivity index (χ1v) is 8.43. The summed E-state index contributed by atoms with van der Waals surface area (Å²) in [4.78, 5) is 0. The Bertz CT molecular complexity index is 405. The molecule has 0 bridgehead atoms. The van der Waals surface area contributed by atoms with E-state index in [1.54, 1.807) is 0 Å². The Morgan fingerprint density at radius 1 is 1.38 bits per heavy atom. The lowest BCUT2D eigenvalue weighted by Crippen LogP contribution is -2.28. The van der Waals surface area contributed by atoms with Crippen molar-refractivity contribution in [2.45, 2.75) is 78.1 Å². The summed E-state index contributed by atoms with van der Waals surface area (Å²) < 4.78 is 7.98. The van der Waals surface area contributed by atoms with Gasteiger partial charge < -0.3 is 10.1 Å². The van der Waals surface area contributed by atoms with E-state index in [1.807, 2.05) is 10.9 Å². The summed E-state index contributed by atoms with van der Waals surface area (Å²) in [6, 6.07) is 0.468. The summed E-state index contributed by atoms with van der Waals surface area (Å²) >= 11 is 0. The molecule has 1 saturated carbocycles. The van der Waals surface area contributed by atoms with Crippen LogP contribution in [0.1, 0.15) is 58.6 Å². The third-order valence-electron chi connectivity index (χ3n) is 4.29. The minimum Gasteiger partial charge on any atom is -0.376 e. The van der Waals surface area contributed by atoms with Crippen molar-refractivity contribution in [3.63, 3.8) is 0 Å². The van der Waals surface area contributed by atoms with Crippen LogP contribution in [0.15, 0.2) is 6.20 Å². The SMILES string of the molecule is CCC1CCCCC1OCCn1cc(CNC(C)C)nn1. The van der Waals surface area contributed by atoms with Gasteiger partial charge in [-0.25, -0.2) is 4.68 Å². The molecule has 5 nitrogen and oxygen atoms in total. The van der Waals surface area contributed by atoms with E-state index in [2.05, 4.69) is 36.4 Å². The molecule has 1 fully saturated rings. The van der Waals surface area contributed by atoms with Crippen LogP contribution in [0, 0.1) is 5.92 Å². The molecule has 1 heterocycles. The Kier molecular flexibility index (Phi) is 6.64. The molecule has 1 aromatic heterocycles. The first kappa shape index (κ1) is 16.4. The number of hydrogen-bond donors (Lipinski definition) is 1. The second kappa shape index (κ2) is 8.49. The maximum atomic E-state index is 6.09. The van der Waals surface area contributed by atoms with E-state index in [4.69, 9.17) is 4.74 Å². The van der Waals surface area contributed by atoms with Crippen LogP contribution in [-0.4, -0.2) is 33.7 Å². The van der Waals surface area contributed by atoms with Gasteiger partial charge in [0, 0.05) is 18.8 Å². The van der Waals surface area contributed by atoms with Crippen molar-refractivity contribution < 1.29 is 4.74 Å². The number of nitrogens with one attached hydrogen (secondary N) is 1. The summed E-state index contributed by atoms with van der Waals surface area (Å²) in [5, 5.41) is 11.7. The van der Waals surface area contributed by atoms with Crippen LogP contribution in [0.4, 0.5) is 0 Å². The van der Waals surface area contributed by atoms with Gasteiger partial charge in [0.1, 0.15) is 0 Å². The quantitative estimate of drug-likeness (QED) is 0.801. The van der Waals surface area contributed by atoms with E-state index in [9.17, 15) is 0 Å². The zero-order valence-electron chi connectivity index (χ0n) is 13.7. The smallest absolute Gasteiger partial charge is 0.0964 e. The molecule has 0 spiro atoms. The molecule has 1 aliphatic rings. The molecule has 0 aliphatic heterocycles. The molecule has 0 radical (unpaired) electrons. The average molecular weight is 294 g/mol. The highest BCUT2D eigenvalue weighted by atomic mass is 16.5. The number of rotatable bonds is 8. The largest absolute Gasteiger partial charge is 0.376 e. The lowest BCUT2D eigenvalue weighted by atomic mass is 9.85. The fraction of sp³-hybridized carbons (Fsp3) is 0.875. The van der Waals surface area contributed by atoms with E-state index in [-0.39, 0.29) is 0 Å². The number of aromatic nitrogens is 3. The van der Waals surface area contributed by atoms with Gasteiger partial charge in [0.2, 0.25) is 0 Å². The molecule has 2 unspecified atom stereocenters. The highest BCUT2D eigenvalue weighted by Crippen LogP contribution is 2.28. The normalized spacial score (nSPS) is 22.9. The van der Waals surface area contributed by atoms with E-state index in [0.717, 1.165) is 31.3 Å². The van der Waals surface area contributed by atoms with Gasteiger partial charge in [0.05, 0.1) is 24.9 Å². The van der Waals surface area contributed by atoms with E-state index < -0.39 is 0 Å². The molecule has 120 valence electrons. The first-order valence-electron chi connectivity index (χ1n) is 8.43. The van der Waals surface area contributed by atoms with Crippen LogP contribution >= 0.6 is 0 Å². The van der Waals surface area contributed by atoms with Crippen molar-refractivity contribution in [2.24, 2.45) is 5.92 Å². The van der Waals surface area contributed by atoms with Crippen LogP contribution in [-0.2, 0) is 17.8 Å². The van der Waals surface area contributed by atoms with Gasteiger partial charge in [0.25, 0.3) is 0 Å². The van der Waals surface area contributed by atoms with E-state index >= 15 is 0 Å². The Morgan fingerprint density at radius 2 is 2.19 bits per heavy atom. The molecule has 0 aromatic carbocycles. The number of nitrogens with zero attached hydrogens (tertiary/aromatic N) is 3. The Morgan fingerprint density at radius 3 is 2.95 bits per heavy atom. The lowest BCUT2D eigenvalue weighted by molar-refractivity contribution is -0.0162. The molecule has 5 heteroatoms. The second-order valence-corrected chi connectivity index (χ2v) is 6.37. The summed E-state index contributed by atoms with van der Waals surface area (Å²) in [6.07, 6.45) is 8.93. The fourth-order valence-electron chi connectivity index (χ4n) is 3.00. The third kappa shape index (κ3) is 5.40. The summed E-state index contributed by atoms with van der Waals surface area (Å²) in [6.45, 7) is 8.85. The Labute approximate surface area is 128 Å². The zero-order valence-corrected chi connectivity index (χ0v) is 13.7. The van der Waals surface area contributed by atoms with Crippen molar-refractivity contribution in [1.82, 2.24) is 20.3 Å². The molecule has 21 heavy (non-hydrogen) atoms. The van der Waals surface area contributed by atoms with E-state index in [0.29, 0.717) is 12.1 Å². The van der Waals surface area contributed by atoms with Crippen molar-refractivity contribution >= 4 is 0 Å². The van der Waals surface area contributed by atoms with Gasteiger partial charge in [-0.15, -0.1) is 5.10 Å². The fourth-order valence-corrected chi connectivity index (χ4v) is 3.00. The topological polar surface area (TPSA) is 52.0 Å². The third-order valence-corrected chi connectivity index (χ3v) is 4.29. The molecule has 0 amide bonds. The second-order valence-electron chi connectivity index (χ2n) is 6.37. The van der Waals surface area contributed by atoms with Gasteiger partial charge in [-0.3, -0.25) is 0 Å². The maximum absolute atomic E-state index is 6.09. The maximum Gasteiger partial charge on any atom is 0.0964 e. The molecule has 0 saturated heterocycles. The predicted molar refractivity (Wildman–Crippen MR) is 84.0 cm³/mol. The van der Waals surface area contributed by atoms with Gasteiger partial charge in [-0.1, -0.05) is 45.2 Å².